The Morgan fingerprint density at radius 1 is 1.00 bits per heavy atom. The van der Waals surface area contributed by atoms with E-state index in [0.717, 1.165) is 25.7 Å². The van der Waals surface area contributed by atoms with Crippen LogP contribution in [0.5, 0.6) is 0 Å². The van der Waals surface area contributed by atoms with Crippen molar-refractivity contribution in [3.63, 3.8) is 0 Å². The molecule has 1 saturated carbocycles. The Morgan fingerprint density at radius 3 is 2.33 bits per heavy atom. The first-order chi connectivity index (χ1) is 11.5. The number of rotatable bonds is 5. The Morgan fingerprint density at radius 2 is 1.71 bits per heavy atom. The predicted molar refractivity (Wildman–Crippen MR) is 90.3 cm³/mol. The molecule has 2 N–H and O–H groups in total. The van der Waals surface area contributed by atoms with Crippen LogP contribution in [-0.4, -0.2) is 39.6 Å². The van der Waals surface area contributed by atoms with Gasteiger partial charge in [0.1, 0.15) is 0 Å². The summed E-state index contributed by atoms with van der Waals surface area (Å²) in [6, 6.07) is 6.15. The minimum atomic E-state index is -3.58. The Kier molecular flexibility index (Phi) is 5.53. The summed E-state index contributed by atoms with van der Waals surface area (Å²) in [6.07, 6.45) is 6.26. The third-order valence-electron chi connectivity index (χ3n) is 4.62. The largest absolute Gasteiger partial charge is 0.380 e. The zero-order valence-electron chi connectivity index (χ0n) is 13.7. The topological polar surface area (TPSA) is 84.5 Å². The second-order valence-corrected chi connectivity index (χ2v) is 8.23. The number of carbonyl (C=O) groups is 1. The van der Waals surface area contributed by atoms with Crippen molar-refractivity contribution in [3.8, 4) is 0 Å². The summed E-state index contributed by atoms with van der Waals surface area (Å²) in [5.41, 5.74) is 0.490. The van der Waals surface area contributed by atoms with E-state index in [0.29, 0.717) is 25.2 Å². The summed E-state index contributed by atoms with van der Waals surface area (Å²) in [7, 11) is -3.58. The molecule has 7 heteroatoms. The number of benzene rings is 1. The molecule has 1 atom stereocenters. The molecule has 1 aromatic carbocycles. The van der Waals surface area contributed by atoms with Crippen LogP contribution in [0.15, 0.2) is 29.2 Å². The quantitative estimate of drug-likeness (QED) is 0.846. The van der Waals surface area contributed by atoms with E-state index in [9.17, 15) is 13.2 Å². The molecular weight excluding hydrogens is 328 g/mol. The van der Waals surface area contributed by atoms with Gasteiger partial charge in [-0.3, -0.25) is 4.79 Å². The molecule has 3 rings (SSSR count). The fraction of sp³-hybridized carbons (Fsp3) is 0.588. The van der Waals surface area contributed by atoms with E-state index in [1.807, 2.05) is 0 Å². The minimum absolute atomic E-state index is 0.136. The molecule has 0 unspecified atom stereocenters. The molecule has 1 aliphatic carbocycles. The molecule has 6 nitrogen and oxygen atoms in total. The number of sulfonamides is 1. The lowest BCUT2D eigenvalue weighted by Crippen LogP contribution is -2.36. The fourth-order valence-electron chi connectivity index (χ4n) is 3.22. The van der Waals surface area contributed by atoms with Crippen molar-refractivity contribution in [2.45, 2.75) is 55.5 Å². The van der Waals surface area contributed by atoms with Crippen LogP contribution in [0.25, 0.3) is 0 Å². The summed E-state index contributed by atoms with van der Waals surface area (Å²) in [5.74, 6) is -0.136. The van der Waals surface area contributed by atoms with E-state index < -0.39 is 10.0 Å². The maximum Gasteiger partial charge on any atom is 0.251 e. The zero-order chi connectivity index (χ0) is 17.0. The van der Waals surface area contributed by atoms with Gasteiger partial charge in [0.15, 0.2) is 0 Å². The van der Waals surface area contributed by atoms with E-state index in [1.165, 1.54) is 18.6 Å². The van der Waals surface area contributed by atoms with E-state index >= 15 is 0 Å². The first kappa shape index (κ1) is 17.4. The van der Waals surface area contributed by atoms with E-state index in [2.05, 4.69) is 10.0 Å². The van der Waals surface area contributed by atoms with Gasteiger partial charge in [-0.2, -0.15) is 0 Å². The van der Waals surface area contributed by atoms with Gasteiger partial charge in [-0.1, -0.05) is 19.3 Å². The van der Waals surface area contributed by atoms with Gasteiger partial charge in [-0.15, -0.1) is 0 Å². The summed E-state index contributed by atoms with van der Waals surface area (Å²) in [4.78, 5) is 12.4. The molecule has 1 heterocycles. The molecule has 1 aromatic rings. The van der Waals surface area contributed by atoms with Crippen LogP contribution >= 0.6 is 0 Å². The highest BCUT2D eigenvalue weighted by molar-refractivity contribution is 7.89. The van der Waals surface area contributed by atoms with Gasteiger partial charge in [-0.25, -0.2) is 13.1 Å². The average molecular weight is 352 g/mol. The van der Waals surface area contributed by atoms with Gasteiger partial charge in [0.05, 0.1) is 11.5 Å². The summed E-state index contributed by atoms with van der Waals surface area (Å²) < 4.78 is 32.5. The number of nitrogens with one attached hydrogen (secondary N) is 2. The Balaban J connectivity index is 1.62. The molecule has 0 spiro atoms. The molecule has 1 saturated heterocycles. The number of hydrogen-bond acceptors (Lipinski definition) is 4. The van der Waals surface area contributed by atoms with Crippen molar-refractivity contribution in [3.05, 3.63) is 29.8 Å². The van der Waals surface area contributed by atoms with Gasteiger partial charge in [0.2, 0.25) is 10.0 Å². The summed E-state index contributed by atoms with van der Waals surface area (Å²) in [6.45, 7) is 0.981. The Hall–Kier alpha value is -1.44. The van der Waals surface area contributed by atoms with Crippen molar-refractivity contribution in [1.82, 2.24) is 10.0 Å². The first-order valence-corrected chi connectivity index (χ1v) is 10.0. The van der Waals surface area contributed by atoms with Crippen LogP contribution in [0.2, 0.25) is 0 Å². The lowest BCUT2D eigenvalue weighted by atomic mass is 9.95. The minimum Gasteiger partial charge on any atom is -0.380 e. The number of carbonyl (C=O) groups excluding carboxylic acids is 1. The van der Waals surface area contributed by atoms with Crippen LogP contribution in [0.3, 0.4) is 0 Å². The first-order valence-electron chi connectivity index (χ1n) is 8.55. The average Bonchev–Trinajstić information content (AvgIpc) is 3.08. The molecule has 0 radical (unpaired) electrons. The van der Waals surface area contributed by atoms with Gasteiger partial charge < -0.3 is 10.1 Å². The second kappa shape index (κ2) is 7.63. The molecule has 1 aliphatic heterocycles. The SMILES string of the molecule is O=C(NC1CCCCC1)c1ccc(S(=O)(=O)N[C@H]2CCOC2)cc1. The van der Waals surface area contributed by atoms with Crippen LogP contribution in [0.1, 0.15) is 48.9 Å². The summed E-state index contributed by atoms with van der Waals surface area (Å²) >= 11 is 0. The second-order valence-electron chi connectivity index (χ2n) is 6.51. The highest BCUT2D eigenvalue weighted by Crippen LogP contribution is 2.18. The number of hydrogen-bond donors (Lipinski definition) is 2. The highest BCUT2D eigenvalue weighted by atomic mass is 32.2. The third-order valence-corrected chi connectivity index (χ3v) is 6.16. The van der Waals surface area contributed by atoms with Crippen molar-refractivity contribution >= 4 is 15.9 Å². The van der Waals surface area contributed by atoms with Gasteiger partial charge in [0.25, 0.3) is 5.91 Å². The van der Waals surface area contributed by atoms with Gasteiger partial charge in [-0.05, 0) is 43.5 Å². The monoisotopic (exact) mass is 352 g/mol. The molecule has 2 fully saturated rings. The Bertz CT molecular complexity index is 660. The fourth-order valence-corrected chi connectivity index (χ4v) is 4.47. The Labute approximate surface area is 143 Å². The third kappa shape index (κ3) is 4.34. The summed E-state index contributed by atoms with van der Waals surface area (Å²) in [5, 5.41) is 3.03. The normalized spacial score (nSPS) is 22.4. The standard InChI is InChI=1S/C17H24N2O4S/c20-17(18-14-4-2-1-3-5-14)13-6-8-16(9-7-13)24(21,22)19-15-10-11-23-12-15/h6-9,14-15,19H,1-5,10-12H2,(H,18,20)/t15-/m0/s1. The van der Waals surface area contributed by atoms with Crippen molar-refractivity contribution in [1.29, 1.82) is 0 Å². The van der Waals surface area contributed by atoms with E-state index in [4.69, 9.17) is 4.74 Å². The maximum absolute atomic E-state index is 12.3. The molecule has 24 heavy (non-hydrogen) atoms. The van der Waals surface area contributed by atoms with E-state index in [-0.39, 0.29) is 22.9 Å². The smallest absolute Gasteiger partial charge is 0.251 e. The van der Waals surface area contributed by atoms with Crippen LogP contribution in [0.4, 0.5) is 0 Å². The zero-order valence-corrected chi connectivity index (χ0v) is 14.5. The van der Waals surface area contributed by atoms with Crippen molar-refractivity contribution in [2.75, 3.05) is 13.2 Å². The van der Waals surface area contributed by atoms with Crippen LogP contribution in [-0.2, 0) is 14.8 Å². The van der Waals surface area contributed by atoms with Crippen LogP contribution in [0, 0.1) is 0 Å². The molecule has 0 aromatic heterocycles. The molecular formula is C17H24N2O4S. The van der Waals surface area contributed by atoms with Gasteiger partial charge >= 0.3 is 0 Å². The molecule has 132 valence electrons. The highest BCUT2D eigenvalue weighted by Gasteiger charge is 2.24. The molecule has 0 bridgehead atoms. The van der Waals surface area contributed by atoms with Crippen LogP contribution < -0.4 is 10.0 Å². The van der Waals surface area contributed by atoms with Gasteiger partial charge in [0, 0.05) is 24.3 Å². The number of amides is 1. The van der Waals surface area contributed by atoms with Crippen molar-refractivity contribution < 1.29 is 17.9 Å². The van der Waals surface area contributed by atoms with E-state index in [1.54, 1.807) is 12.1 Å². The molecule has 2 aliphatic rings. The number of ether oxygens (including phenoxy) is 1. The van der Waals surface area contributed by atoms with Crippen molar-refractivity contribution in [2.24, 2.45) is 0 Å². The lowest BCUT2D eigenvalue weighted by molar-refractivity contribution is 0.0927. The maximum atomic E-state index is 12.3. The predicted octanol–water partition coefficient (Wildman–Crippen LogP) is 1.82. The lowest BCUT2D eigenvalue weighted by Gasteiger charge is -2.22. The molecule has 1 amide bonds.